The number of carbonyl (C=O) groups is 1. The second kappa shape index (κ2) is 5.39. The first-order chi connectivity index (χ1) is 8.49. The normalized spacial score (nSPS) is 10.4. The molecule has 0 heterocycles. The number of rotatable bonds is 2. The van der Waals surface area contributed by atoms with E-state index in [1.54, 1.807) is 6.07 Å². The maximum absolute atomic E-state index is 13.4. The molecule has 0 saturated carbocycles. The Balaban J connectivity index is 2.47. The molecule has 0 fully saturated rings. The van der Waals surface area contributed by atoms with E-state index in [0.717, 1.165) is 6.07 Å². The molecule has 0 aromatic heterocycles. The Bertz CT molecular complexity index is 628. The highest BCUT2D eigenvalue weighted by Gasteiger charge is 2.14. The topological polar surface area (TPSA) is 17.1 Å². The van der Waals surface area contributed by atoms with Gasteiger partial charge >= 0.3 is 0 Å². The maximum atomic E-state index is 13.4. The molecule has 92 valence electrons. The Morgan fingerprint density at radius 3 is 2.50 bits per heavy atom. The number of carbonyl (C=O) groups excluding carboxylic acids is 1. The first-order valence-corrected chi connectivity index (χ1v) is 6.49. The Morgan fingerprint density at radius 2 is 1.83 bits per heavy atom. The van der Waals surface area contributed by atoms with Crippen LogP contribution in [0.1, 0.15) is 15.9 Å². The lowest BCUT2D eigenvalue weighted by Crippen LogP contribution is -2.03. The molecule has 0 aliphatic carbocycles. The Hall–Kier alpha value is -0.900. The van der Waals surface area contributed by atoms with Crippen molar-refractivity contribution in [3.8, 4) is 0 Å². The van der Waals surface area contributed by atoms with Crippen molar-refractivity contribution in [3.63, 3.8) is 0 Å². The summed E-state index contributed by atoms with van der Waals surface area (Å²) in [7, 11) is 0. The van der Waals surface area contributed by atoms with Crippen molar-refractivity contribution in [2.24, 2.45) is 0 Å². The fraction of sp³-hybridized carbons (Fsp3) is 0. The smallest absolute Gasteiger partial charge is 0.194 e. The Morgan fingerprint density at radius 1 is 1.11 bits per heavy atom. The van der Waals surface area contributed by atoms with Gasteiger partial charge in [0.05, 0.1) is 9.50 Å². The zero-order valence-corrected chi connectivity index (χ0v) is 12.0. The molecule has 0 unspecified atom stereocenters. The van der Waals surface area contributed by atoms with E-state index in [1.807, 2.05) is 0 Å². The zero-order valence-electron chi connectivity index (χ0n) is 8.88. The SMILES string of the molecule is O=C(c1ccc(Br)c(F)c1)c1cc(Cl)ccc1Cl. The number of halogens is 4. The van der Waals surface area contributed by atoms with E-state index in [9.17, 15) is 9.18 Å². The van der Waals surface area contributed by atoms with Crippen LogP contribution < -0.4 is 0 Å². The quantitative estimate of drug-likeness (QED) is 0.688. The van der Waals surface area contributed by atoms with Crippen molar-refractivity contribution >= 4 is 44.9 Å². The lowest BCUT2D eigenvalue weighted by atomic mass is 10.0. The zero-order chi connectivity index (χ0) is 13.3. The minimum atomic E-state index is -0.501. The molecule has 0 bridgehead atoms. The molecule has 0 N–H and O–H groups in total. The monoisotopic (exact) mass is 346 g/mol. The summed E-state index contributed by atoms with van der Waals surface area (Å²) >= 11 is 14.8. The number of benzene rings is 2. The highest BCUT2D eigenvalue weighted by molar-refractivity contribution is 9.10. The molecule has 1 nitrogen and oxygen atoms in total. The van der Waals surface area contributed by atoms with Crippen molar-refractivity contribution in [2.75, 3.05) is 0 Å². The Kier molecular flexibility index (Phi) is 4.05. The van der Waals surface area contributed by atoms with Gasteiger partial charge in [-0.05, 0) is 52.3 Å². The van der Waals surface area contributed by atoms with E-state index in [4.69, 9.17) is 23.2 Å². The van der Waals surface area contributed by atoms with Crippen LogP contribution in [0.4, 0.5) is 4.39 Å². The van der Waals surface area contributed by atoms with Crippen molar-refractivity contribution in [1.29, 1.82) is 0 Å². The van der Waals surface area contributed by atoms with Crippen LogP contribution in [0, 0.1) is 5.82 Å². The van der Waals surface area contributed by atoms with E-state index in [-0.39, 0.29) is 21.9 Å². The lowest BCUT2D eigenvalue weighted by molar-refractivity contribution is 0.103. The summed E-state index contributed by atoms with van der Waals surface area (Å²) in [6.45, 7) is 0. The summed E-state index contributed by atoms with van der Waals surface area (Å²) in [4.78, 5) is 12.2. The molecule has 0 spiro atoms. The van der Waals surface area contributed by atoms with Gasteiger partial charge in [0.25, 0.3) is 0 Å². The molecule has 0 amide bonds. The fourth-order valence-electron chi connectivity index (χ4n) is 1.46. The van der Waals surface area contributed by atoms with Gasteiger partial charge in [0.15, 0.2) is 5.78 Å². The highest BCUT2D eigenvalue weighted by atomic mass is 79.9. The molecule has 0 aliphatic heterocycles. The fourth-order valence-corrected chi connectivity index (χ4v) is 2.09. The molecule has 0 saturated heterocycles. The maximum Gasteiger partial charge on any atom is 0.194 e. The van der Waals surface area contributed by atoms with E-state index in [1.165, 1.54) is 24.3 Å². The van der Waals surface area contributed by atoms with Crippen LogP contribution in [0.3, 0.4) is 0 Å². The molecular weight excluding hydrogens is 342 g/mol. The van der Waals surface area contributed by atoms with E-state index >= 15 is 0 Å². The van der Waals surface area contributed by atoms with Crippen LogP contribution >= 0.6 is 39.1 Å². The van der Waals surface area contributed by atoms with Gasteiger partial charge in [-0.15, -0.1) is 0 Å². The molecular formula is C13H6BrCl2FO. The van der Waals surface area contributed by atoms with Gasteiger partial charge in [0.2, 0.25) is 0 Å². The van der Waals surface area contributed by atoms with Gasteiger partial charge in [-0.1, -0.05) is 23.2 Å². The van der Waals surface area contributed by atoms with Gasteiger partial charge in [-0.25, -0.2) is 4.39 Å². The van der Waals surface area contributed by atoms with E-state index < -0.39 is 5.82 Å². The second-order valence-electron chi connectivity index (χ2n) is 3.58. The first kappa shape index (κ1) is 13.5. The van der Waals surface area contributed by atoms with E-state index in [2.05, 4.69) is 15.9 Å². The Labute approximate surface area is 122 Å². The van der Waals surface area contributed by atoms with Crippen molar-refractivity contribution in [1.82, 2.24) is 0 Å². The van der Waals surface area contributed by atoms with Crippen LogP contribution in [0.5, 0.6) is 0 Å². The van der Waals surface area contributed by atoms with E-state index in [0.29, 0.717) is 9.50 Å². The average Bonchev–Trinajstić information content (AvgIpc) is 2.35. The molecule has 0 atom stereocenters. The third kappa shape index (κ3) is 2.74. The summed E-state index contributed by atoms with van der Waals surface area (Å²) in [5.74, 6) is -0.868. The molecule has 0 aliphatic rings. The number of hydrogen-bond acceptors (Lipinski definition) is 1. The van der Waals surface area contributed by atoms with Gasteiger partial charge in [-0.3, -0.25) is 4.79 Å². The largest absolute Gasteiger partial charge is 0.289 e. The second-order valence-corrected chi connectivity index (χ2v) is 5.28. The van der Waals surface area contributed by atoms with Gasteiger partial charge in [-0.2, -0.15) is 0 Å². The predicted octanol–water partition coefficient (Wildman–Crippen LogP) is 5.13. The average molecular weight is 348 g/mol. The summed E-state index contributed by atoms with van der Waals surface area (Å²) in [6.07, 6.45) is 0. The first-order valence-electron chi connectivity index (χ1n) is 4.94. The van der Waals surface area contributed by atoms with Crippen molar-refractivity contribution < 1.29 is 9.18 Å². The highest BCUT2D eigenvalue weighted by Crippen LogP contribution is 2.25. The summed E-state index contributed by atoms with van der Waals surface area (Å²) in [5.41, 5.74) is 0.478. The molecule has 2 rings (SSSR count). The van der Waals surface area contributed by atoms with Crippen molar-refractivity contribution in [2.45, 2.75) is 0 Å². The minimum absolute atomic E-state index is 0.222. The van der Waals surface area contributed by atoms with Gasteiger partial charge in [0.1, 0.15) is 5.82 Å². The van der Waals surface area contributed by atoms with Crippen molar-refractivity contribution in [3.05, 3.63) is 67.9 Å². The number of hydrogen-bond donors (Lipinski definition) is 0. The molecule has 18 heavy (non-hydrogen) atoms. The summed E-state index contributed by atoms with van der Waals surface area (Å²) in [5, 5.41) is 0.688. The van der Waals surface area contributed by atoms with Crippen LogP contribution in [-0.2, 0) is 0 Å². The third-order valence-electron chi connectivity index (χ3n) is 2.35. The van der Waals surface area contributed by atoms with Crippen LogP contribution in [0.25, 0.3) is 0 Å². The summed E-state index contributed by atoms with van der Waals surface area (Å²) in [6, 6.07) is 8.73. The van der Waals surface area contributed by atoms with Gasteiger partial charge < -0.3 is 0 Å². The minimum Gasteiger partial charge on any atom is -0.289 e. The third-order valence-corrected chi connectivity index (χ3v) is 3.56. The molecule has 0 radical (unpaired) electrons. The standard InChI is InChI=1S/C13H6BrCl2FO/c14-10-3-1-7(5-12(10)17)13(18)9-6-8(15)2-4-11(9)16/h1-6H. The van der Waals surface area contributed by atoms with Crippen LogP contribution in [0.15, 0.2) is 40.9 Å². The molecule has 2 aromatic rings. The summed E-state index contributed by atoms with van der Waals surface area (Å²) < 4.78 is 13.7. The van der Waals surface area contributed by atoms with Crippen LogP contribution in [0.2, 0.25) is 10.0 Å². The molecule has 5 heteroatoms. The molecule has 2 aromatic carbocycles. The number of ketones is 1. The lowest BCUT2D eigenvalue weighted by Gasteiger charge is -2.05. The predicted molar refractivity (Wildman–Crippen MR) is 74.0 cm³/mol. The van der Waals surface area contributed by atoms with Gasteiger partial charge in [0, 0.05) is 16.1 Å². The van der Waals surface area contributed by atoms with Crippen LogP contribution in [-0.4, -0.2) is 5.78 Å².